The second-order valence-corrected chi connectivity index (χ2v) is 7.10. The van der Waals surface area contributed by atoms with Crippen molar-refractivity contribution < 1.29 is 24.2 Å². The molecule has 0 bridgehead atoms. The number of hydrogen-bond acceptors (Lipinski definition) is 5. The van der Waals surface area contributed by atoms with Gasteiger partial charge < -0.3 is 19.9 Å². The van der Waals surface area contributed by atoms with Crippen molar-refractivity contribution in [3.8, 4) is 5.75 Å². The number of esters is 1. The fourth-order valence-corrected chi connectivity index (χ4v) is 2.39. The minimum Gasteiger partial charge on any atom is -0.508 e. The molecule has 0 saturated carbocycles. The van der Waals surface area contributed by atoms with E-state index in [2.05, 4.69) is 5.32 Å². The molecular formula is C19H29NO5. The number of nitrogens with one attached hydrogen (secondary N) is 1. The number of hydrogen-bond donors (Lipinski definition) is 2. The first-order valence-electron chi connectivity index (χ1n) is 8.54. The highest BCUT2D eigenvalue weighted by Gasteiger charge is 2.24. The van der Waals surface area contributed by atoms with E-state index in [1.165, 1.54) is 0 Å². The van der Waals surface area contributed by atoms with Gasteiger partial charge in [0.15, 0.2) is 0 Å². The molecule has 0 aromatic heterocycles. The Kier molecular flexibility index (Phi) is 7.74. The van der Waals surface area contributed by atoms with Crippen molar-refractivity contribution in [3.63, 3.8) is 0 Å². The quantitative estimate of drug-likeness (QED) is 0.735. The number of carbonyl (C=O) groups is 2. The second kappa shape index (κ2) is 9.30. The molecule has 1 aromatic carbocycles. The van der Waals surface area contributed by atoms with Gasteiger partial charge in [0.2, 0.25) is 0 Å². The van der Waals surface area contributed by atoms with Crippen LogP contribution in [0.15, 0.2) is 24.3 Å². The minimum absolute atomic E-state index is 0.181. The highest BCUT2D eigenvalue weighted by atomic mass is 16.6. The summed E-state index contributed by atoms with van der Waals surface area (Å²) in [6, 6.07) is 6.46. The molecule has 0 aliphatic heterocycles. The van der Waals surface area contributed by atoms with Crippen LogP contribution in [0.4, 0.5) is 4.79 Å². The van der Waals surface area contributed by atoms with Crippen LogP contribution in [0.25, 0.3) is 0 Å². The van der Waals surface area contributed by atoms with Gasteiger partial charge >= 0.3 is 12.1 Å². The summed E-state index contributed by atoms with van der Waals surface area (Å²) in [6.45, 7) is 9.25. The summed E-state index contributed by atoms with van der Waals surface area (Å²) < 4.78 is 10.3. The number of carbonyl (C=O) groups excluding carboxylic acids is 2. The molecule has 0 fully saturated rings. The number of aromatic hydroxyl groups is 1. The van der Waals surface area contributed by atoms with Crippen LogP contribution in [0.2, 0.25) is 0 Å². The monoisotopic (exact) mass is 351 g/mol. The molecule has 0 aliphatic rings. The normalized spacial score (nSPS) is 13.6. The average Bonchev–Trinajstić information content (AvgIpc) is 2.47. The van der Waals surface area contributed by atoms with E-state index in [4.69, 9.17) is 9.47 Å². The molecular weight excluding hydrogens is 322 g/mol. The van der Waals surface area contributed by atoms with Crippen molar-refractivity contribution >= 4 is 12.1 Å². The van der Waals surface area contributed by atoms with E-state index < -0.39 is 11.7 Å². The Bertz CT molecular complexity index is 562. The average molecular weight is 351 g/mol. The van der Waals surface area contributed by atoms with Crippen LogP contribution >= 0.6 is 0 Å². The van der Waals surface area contributed by atoms with Gasteiger partial charge in [0.25, 0.3) is 0 Å². The summed E-state index contributed by atoms with van der Waals surface area (Å²) in [5.41, 5.74) is 0.342. The zero-order valence-corrected chi connectivity index (χ0v) is 15.7. The summed E-state index contributed by atoms with van der Waals surface area (Å²) >= 11 is 0. The van der Waals surface area contributed by atoms with Gasteiger partial charge in [-0.15, -0.1) is 0 Å². The van der Waals surface area contributed by atoms with Gasteiger partial charge in [0.1, 0.15) is 11.4 Å². The first kappa shape index (κ1) is 20.8. The summed E-state index contributed by atoms with van der Waals surface area (Å²) in [4.78, 5) is 24.0. The van der Waals surface area contributed by atoms with Gasteiger partial charge in [-0.1, -0.05) is 19.1 Å². The molecule has 0 spiro atoms. The molecule has 0 saturated heterocycles. The minimum atomic E-state index is -0.597. The van der Waals surface area contributed by atoms with E-state index >= 15 is 0 Å². The molecule has 2 atom stereocenters. The van der Waals surface area contributed by atoms with E-state index in [0.29, 0.717) is 19.4 Å². The molecule has 25 heavy (non-hydrogen) atoms. The van der Waals surface area contributed by atoms with Crippen molar-refractivity contribution in [2.45, 2.75) is 59.1 Å². The Morgan fingerprint density at radius 3 is 2.32 bits per heavy atom. The molecule has 1 unspecified atom stereocenters. The van der Waals surface area contributed by atoms with E-state index in [0.717, 1.165) is 5.56 Å². The Hall–Kier alpha value is -2.24. The van der Waals surface area contributed by atoms with Crippen LogP contribution in [0.1, 0.15) is 46.6 Å². The van der Waals surface area contributed by atoms with E-state index in [9.17, 15) is 14.7 Å². The SMILES string of the molecule is CCOC(=O)C(C)C[C@H](Cc1ccc(O)cc1)NC(=O)OC(C)(C)C. The van der Waals surface area contributed by atoms with Crippen molar-refractivity contribution in [2.24, 2.45) is 5.92 Å². The fraction of sp³-hybridized carbons (Fsp3) is 0.579. The van der Waals surface area contributed by atoms with Crippen molar-refractivity contribution in [3.05, 3.63) is 29.8 Å². The fourth-order valence-electron chi connectivity index (χ4n) is 2.39. The van der Waals surface area contributed by atoms with Crippen molar-refractivity contribution in [2.75, 3.05) is 6.61 Å². The van der Waals surface area contributed by atoms with E-state index in [-0.39, 0.29) is 23.7 Å². The lowest BCUT2D eigenvalue weighted by Gasteiger charge is -2.25. The van der Waals surface area contributed by atoms with Crippen LogP contribution in [-0.4, -0.2) is 35.4 Å². The third-order valence-electron chi connectivity index (χ3n) is 3.47. The zero-order valence-electron chi connectivity index (χ0n) is 15.7. The lowest BCUT2D eigenvalue weighted by Crippen LogP contribution is -2.41. The van der Waals surface area contributed by atoms with Gasteiger partial charge in [-0.3, -0.25) is 4.79 Å². The Labute approximate surface area is 149 Å². The lowest BCUT2D eigenvalue weighted by molar-refractivity contribution is -0.147. The maximum absolute atomic E-state index is 12.1. The maximum atomic E-state index is 12.1. The van der Waals surface area contributed by atoms with Gasteiger partial charge in [-0.25, -0.2) is 4.79 Å². The standard InChI is InChI=1S/C19H29NO5/c1-6-24-17(22)13(2)11-15(20-18(23)25-19(3,4)5)12-14-7-9-16(21)10-8-14/h7-10,13,15,21H,6,11-12H2,1-5H3,(H,20,23)/t13?,15-/m1/s1. The Balaban J connectivity index is 2.79. The van der Waals surface area contributed by atoms with Crippen LogP contribution in [0.5, 0.6) is 5.75 Å². The summed E-state index contributed by atoms with van der Waals surface area (Å²) in [5, 5.41) is 12.2. The Morgan fingerprint density at radius 2 is 1.80 bits per heavy atom. The molecule has 6 nitrogen and oxygen atoms in total. The first-order valence-corrected chi connectivity index (χ1v) is 8.54. The highest BCUT2D eigenvalue weighted by Crippen LogP contribution is 2.17. The van der Waals surface area contributed by atoms with Gasteiger partial charge in [-0.2, -0.15) is 0 Å². The Morgan fingerprint density at radius 1 is 1.20 bits per heavy atom. The largest absolute Gasteiger partial charge is 0.508 e. The topological polar surface area (TPSA) is 84.9 Å². The number of rotatable bonds is 7. The number of alkyl carbamates (subject to hydrolysis) is 1. The van der Waals surface area contributed by atoms with Crippen molar-refractivity contribution in [1.29, 1.82) is 0 Å². The molecule has 2 N–H and O–H groups in total. The summed E-state index contributed by atoms with van der Waals surface area (Å²) in [7, 11) is 0. The number of ether oxygens (including phenoxy) is 2. The predicted molar refractivity (Wildman–Crippen MR) is 95.4 cm³/mol. The molecule has 6 heteroatoms. The summed E-state index contributed by atoms with van der Waals surface area (Å²) in [6.07, 6.45) is 0.426. The maximum Gasteiger partial charge on any atom is 0.407 e. The lowest BCUT2D eigenvalue weighted by atomic mass is 9.96. The number of amides is 1. The number of phenolic OH excluding ortho intramolecular Hbond substituents is 1. The first-order chi connectivity index (χ1) is 11.6. The molecule has 0 heterocycles. The second-order valence-electron chi connectivity index (χ2n) is 7.10. The molecule has 0 radical (unpaired) electrons. The highest BCUT2D eigenvalue weighted by molar-refractivity contribution is 5.72. The third-order valence-corrected chi connectivity index (χ3v) is 3.47. The van der Waals surface area contributed by atoms with E-state index in [1.807, 2.05) is 0 Å². The molecule has 140 valence electrons. The molecule has 0 aliphatic carbocycles. The predicted octanol–water partition coefficient (Wildman–Crippen LogP) is 3.42. The van der Waals surface area contributed by atoms with Gasteiger partial charge in [-0.05, 0) is 58.2 Å². The zero-order chi connectivity index (χ0) is 19.0. The van der Waals surface area contributed by atoms with Crippen LogP contribution in [0, 0.1) is 5.92 Å². The van der Waals surface area contributed by atoms with Crippen LogP contribution in [0.3, 0.4) is 0 Å². The van der Waals surface area contributed by atoms with Crippen LogP contribution in [-0.2, 0) is 20.7 Å². The third kappa shape index (κ3) is 8.42. The number of phenols is 1. The summed E-state index contributed by atoms with van der Waals surface area (Å²) in [5.74, 6) is -0.457. The molecule has 1 aromatic rings. The molecule has 1 amide bonds. The van der Waals surface area contributed by atoms with Gasteiger partial charge in [0, 0.05) is 6.04 Å². The van der Waals surface area contributed by atoms with Crippen LogP contribution < -0.4 is 5.32 Å². The smallest absolute Gasteiger partial charge is 0.407 e. The van der Waals surface area contributed by atoms with Crippen molar-refractivity contribution in [1.82, 2.24) is 5.32 Å². The van der Waals surface area contributed by atoms with E-state index in [1.54, 1.807) is 58.9 Å². The van der Waals surface area contributed by atoms with Gasteiger partial charge in [0.05, 0.1) is 12.5 Å². The number of benzene rings is 1. The molecule has 1 rings (SSSR count).